The van der Waals surface area contributed by atoms with E-state index >= 15 is 0 Å². The Morgan fingerprint density at radius 1 is 1.22 bits per heavy atom. The third-order valence-corrected chi connectivity index (χ3v) is 7.99. The summed E-state index contributed by atoms with van der Waals surface area (Å²) in [7, 11) is 1.98. The van der Waals surface area contributed by atoms with E-state index in [1.54, 1.807) is 12.4 Å². The summed E-state index contributed by atoms with van der Waals surface area (Å²) in [6.07, 6.45) is 10.9. The number of nitrogens with zero attached hydrogens (tertiary/aromatic N) is 2. The van der Waals surface area contributed by atoms with E-state index in [1.165, 1.54) is 24.2 Å². The van der Waals surface area contributed by atoms with Crippen molar-refractivity contribution >= 4 is 40.4 Å². The van der Waals surface area contributed by atoms with Gasteiger partial charge in [-0.1, -0.05) is 37.3 Å². The molecule has 6 nitrogen and oxygen atoms in total. The molecule has 0 aliphatic heterocycles. The van der Waals surface area contributed by atoms with Crippen molar-refractivity contribution in [3.8, 4) is 0 Å². The first-order valence-electron chi connectivity index (χ1n) is 11.4. The monoisotopic (exact) mass is 474 g/mol. The molecule has 2 aliphatic rings. The molecule has 0 spiro atoms. The van der Waals surface area contributed by atoms with Crippen LogP contribution in [-0.4, -0.2) is 35.9 Å². The molecule has 8 heteroatoms. The molecule has 2 aromatic heterocycles. The number of carbonyl (C=O) groups excluding carboxylic acids is 2. The molecule has 2 saturated carbocycles. The Morgan fingerprint density at radius 3 is 2.66 bits per heavy atom. The highest BCUT2D eigenvalue weighted by Gasteiger charge is 2.31. The normalized spacial score (nSPS) is 18.2. The van der Waals surface area contributed by atoms with Crippen molar-refractivity contribution in [2.75, 3.05) is 11.9 Å². The van der Waals surface area contributed by atoms with Crippen LogP contribution in [0.2, 0.25) is 5.02 Å². The third-order valence-electron chi connectivity index (χ3n) is 6.53. The molecule has 0 saturated heterocycles. The van der Waals surface area contributed by atoms with Gasteiger partial charge in [0.05, 0.1) is 27.8 Å². The number of hydrogen-bond donors (Lipinski definition) is 2. The minimum atomic E-state index is -0.464. The number of pyridine rings is 1. The summed E-state index contributed by atoms with van der Waals surface area (Å²) < 4.78 is 0. The van der Waals surface area contributed by atoms with Crippen LogP contribution in [0.15, 0.2) is 30.6 Å². The zero-order valence-electron chi connectivity index (χ0n) is 18.6. The SMILES string of the molecule is C[C@@H](c1ccc(C(=O)N[C@@H](CC2CCCC2)C(=O)NC2CC2)s1)N(C)c1cncc(Cl)c1. The van der Waals surface area contributed by atoms with Crippen molar-refractivity contribution in [3.05, 3.63) is 45.4 Å². The lowest BCUT2D eigenvalue weighted by atomic mass is 9.97. The Bertz CT molecular complexity index is 955. The molecule has 2 fully saturated rings. The fourth-order valence-corrected chi connectivity index (χ4v) is 5.45. The highest BCUT2D eigenvalue weighted by atomic mass is 35.5. The first kappa shape index (κ1) is 23.1. The van der Waals surface area contributed by atoms with Gasteiger partial charge in [-0.25, -0.2) is 0 Å². The van der Waals surface area contributed by atoms with Crippen LogP contribution in [0.25, 0.3) is 0 Å². The lowest BCUT2D eigenvalue weighted by Gasteiger charge is -2.26. The Kier molecular flexibility index (Phi) is 7.36. The number of hydrogen-bond acceptors (Lipinski definition) is 5. The van der Waals surface area contributed by atoms with Crippen LogP contribution in [-0.2, 0) is 4.79 Å². The van der Waals surface area contributed by atoms with Gasteiger partial charge in [-0.3, -0.25) is 14.6 Å². The van der Waals surface area contributed by atoms with Crippen LogP contribution >= 0.6 is 22.9 Å². The second-order valence-electron chi connectivity index (χ2n) is 9.05. The lowest BCUT2D eigenvalue weighted by Crippen LogP contribution is -2.48. The molecule has 2 atom stereocenters. The van der Waals surface area contributed by atoms with Gasteiger partial charge in [0.1, 0.15) is 6.04 Å². The summed E-state index contributed by atoms with van der Waals surface area (Å²) in [5.74, 6) is 0.310. The fraction of sp³-hybridized carbons (Fsp3) is 0.542. The molecule has 2 aromatic rings. The van der Waals surface area contributed by atoms with Gasteiger partial charge in [0.25, 0.3) is 5.91 Å². The van der Waals surface area contributed by atoms with Crippen molar-refractivity contribution in [2.24, 2.45) is 5.92 Å². The van der Waals surface area contributed by atoms with Gasteiger partial charge >= 0.3 is 0 Å². The molecule has 0 radical (unpaired) electrons. The molecular formula is C24H31ClN4O2S. The fourth-order valence-electron chi connectivity index (χ4n) is 4.28. The van der Waals surface area contributed by atoms with Gasteiger partial charge in [0.2, 0.25) is 5.91 Å². The van der Waals surface area contributed by atoms with Gasteiger partial charge in [-0.15, -0.1) is 11.3 Å². The first-order valence-corrected chi connectivity index (χ1v) is 12.6. The Hall–Kier alpha value is -2.12. The van der Waals surface area contributed by atoms with E-state index < -0.39 is 6.04 Å². The summed E-state index contributed by atoms with van der Waals surface area (Å²) in [6.45, 7) is 2.08. The van der Waals surface area contributed by atoms with Crippen molar-refractivity contribution in [1.82, 2.24) is 15.6 Å². The number of thiophene rings is 1. The highest BCUT2D eigenvalue weighted by Crippen LogP contribution is 2.32. The summed E-state index contributed by atoms with van der Waals surface area (Å²) in [4.78, 5) is 33.8. The Morgan fingerprint density at radius 2 is 1.97 bits per heavy atom. The van der Waals surface area contributed by atoms with E-state index in [1.807, 2.05) is 25.2 Å². The van der Waals surface area contributed by atoms with E-state index in [-0.39, 0.29) is 23.9 Å². The van der Waals surface area contributed by atoms with Crippen LogP contribution in [0.1, 0.15) is 72.5 Å². The topological polar surface area (TPSA) is 74.3 Å². The summed E-state index contributed by atoms with van der Waals surface area (Å²) in [5.41, 5.74) is 0.915. The maximum atomic E-state index is 13.0. The number of carbonyl (C=O) groups is 2. The first-order chi connectivity index (χ1) is 15.4. The maximum absolute atomic E-state index is 13.0. The van der Waals surface area contributed by atoms with Gasteiger partial charge in [-0.2, -0.15) is 0 Å². The molecule has 2 heterocycles. The molecule has 0 aromatic carbocycles. The number of aromatic nitrogens is 1. The molecule has 0 unspecified atom stereocenters. The summed E-state index contributed by atoms with van der Waals surface area (Å²) in [5, 5.41) is 6.69. The number of anilines is 1. The van der Waals surface area contributed by atoms with Crippen LogP contribution in [0, 0.1) is 5.92 Å². The highest BCUT2D eigenvalue weighted by molar-refractivity contribution is 7.14. The third kappa shape index (κ3) is 5.81. The quantitative estimate of drug-likeness (QED) is 0.539. The van der Waals surface area contributed by atoms with Gasteiger partial charge in [-0.05, 0) is 50.3 Å². The second kappa shape index (κ2) is 10.2. The standard InChI is InChI=1S/C24H31ClN4O2S/c1-15(29(2)19-12-17(25)13-26-14-19)21-9-10-22(32-21)24(31)28-20(11-16-5-3-4-6-16)23(30)27-18-7-8-18/h9-10,12-16,18,20H,3-8,11H2,1-2H3,(H,27,30)(H,28,31)/t15-,20-/m0/s1. The van der Waals surface area contributed by atoms with Crippen molar-refractivity contribution in [3.63, 3.8) is 0 Å². The van der Waals surface area contributed by atoms with E-state index in [9.17, 15) is 9.59 Å². The van der Waals surface area contributed by atoms with Crippen LogP contribution in [0.5, 0.6) is 0 Å². The molecule has 2 aliphatic carbocycles. The van der Waals surface area contributed by atoms with Gasteiger partial charge < -0.3 is 15.5 Å². The molecule has 2 N–H and O–H groups in total. The zero-order valence-corrected chi connectivity index (χ0v) is 20.2. The molecule has 2 amide bonds. The smallest absolute Gasteiger partial charge is 0.262 e. The molecule has 32 heavy (non-hydrogen) atoms. The van der Waals surface area contributed by atoms with Crippen molar-refractivity contribution in [2.45, 2.75) is 70.0 Å². The van der Waals surface area contributed by atoms with Crippen molar-refractivity contribution in [1.29, 1.82) is 0 Å². The molecular weight excluding hydrogens is 444 g/mol. The minimum absolute atomic E-state index is 0.0360. The van der Waals surface area contributed by atoms with Crippen LogP contribution in [0.4, 0.5) is 5.69 Å². The molecule has 0 bridgehead atoms. The number of amides is 2. The average molecular weight is 475 g/mol. The number of halogens is 1. The largest absolute Gasteiger partial charge is 0.366 e. The van der Waals surface area contributed by atoms with Crippen LogP contribution < -0.4 is 15.5 Å². The summed E-state index contributed by atoms with van der Waals surface area (Å²) in [6, 6.07) is 5.58. The van der Waals surface area contributed by atoms with E-state index in [4.69, 9.17) is 11.6 Å². The number of rotatable bonds is 9. The second-order valence-corrected chi connectivity index (χ2v) is 10.6. The number of nitrogens with one attached hydrogen (secondary N) is 2. The Labute approximate surface area is 198 Å². The van der Waals surface area contributed by atoms with Crippen molar-refractivity contribution < 1.29 is 9.59 Å². The zero-order chi connectivity index (χ0) is 22.7. The maximum Gasteiger partial charge on any atom is 0.262 e. The van der Waals surface area contributed by atoms with E-state index in [0.717, 1.165) is 42.7 Å². The van der Waals surface area contributed by atoms with E-state index in [0.29, 0.717) is 15.8 Å². The minimum Gasteiger partial charge on any atom is -0.366 e. The predicted octanol–water partition coefficient (Wildman–Crippen LogP) is 4.95. The summed E-state index contributed by atoms with van der Waals surface area (Å²) >= 11 is 7.54. The van der Waals surface area contributed by atoms with Gasteiger partial charge in [0, 0.05) is 24.2 Å². The van der Waals surface area contributed by atoms with Crippen LogP contribution in [0.3, 0.4) is 0 Å². The van der Waals surface area contributed by atoms with E-state index in [2.05, 4.69) is 27.4 Å². The average Bonchev–Trinajstić information content (AvgIpc) is 3.24. The lowest BCUT2D eigenvalue weighted by molar-refractivity contribution is -0.123. The molecule has 172 valence electrons. The molecule has 4 rings (SSSR count). The van der Waals surface area contributed by atoms with Gasteiger partial charge in [0.15, 0.2) is 0 Å². The predicted molar refractivity (Wildman–Crippen MR) is 129 cm³/mol. The Balaban J connectivity index is 1.42.